The van der Waals surface area contributed by atoms with Crippen molar-refractivity contribution < 1.29 is 9.21 Å². The third kappa shape index (κ3) is 2.73. The Hall–Kier alpha value is -2.96. The minimum Gasteiger partial charge on any atom is -0.401 e. The molecule has 0 radical (unpaired) electrons. The summed E-state index contributed by atoms with van der Waals surface area (Å²) in [5, 5.41) is 14.4. The molecule has 1 aromatic carbocycles. The van der Waals surface area contributed by atoms with Crippen LogP contribution in [0.1, 0.15) is 21.5 Å². The van der Waals surface area contributed by atoms with Gasteiger partial charge in [-0.1, -0.05) is 22.3 Å². The van der Waals surface area contributed by atoms with E-state index in [0.29, 0.717) is 17.1 Å². The van der Waals surface area contributed by atoms with Gasteiger partial charge in [0.15, 0.2) is 0 Å². The first-order chi connectivity index (χ1) is 10.5. The first-order valence-corrected chi connectivity index (χ1v) is 6.74. The van der Waals surface area contributed by atoms with Crippen LogP contribution in [0.15, 0.2) is 34.9 Å². The molecule has 0 aliphatic heterocycles. The molecule has 0 saturated carbocycles. The molecule has 7 heteroatoms. The van der Waals surface area contributed by atoms with E-state index in [2.05, 4.69) is 20.6 Å². The molecule has 2 aromatic heterocycles. The van der Waals surface area contributed by atoms with Crippen molar-refractivity contribution >= 4 is 11.9 Å². The van der Waals surface area contributed by atoms with E-state index in [-0.39, 0.29) is 11.9 Å². The first kappa shape index (κ1) is 14.0. The van der Waals surface area contributed by atoms with E-state index in [0.717, 1.165) is 11.1 Å². The minimum absolute atomic E-state index is 0.0559. The molecule has 0 unspecified atom stereocenters. The predicted molar refractivity (Wildman–Crippen MR) is 80.4 cm³/mol. The van der Waals surface area contributed by atoms with Gasteiger partial charge in [-0.3, -0.25) is 14.8 Å². The van der Waals surface area contributed by atoms with Gasteiger partial charge >= 0.3 is 6.01 Å². The van der Waals surface area contributed by atoms with Gasteiger partial charge in [0.2, 0.25) is 0 Å². The lowest BCUT2D eigenvalue weighted by molar-refractivity contribution is 0.102. The third-order valence-corrected chi connectivity index (χ3v) is 3.17. The molecule has 0 atom stereocenters. The average Bonchev–Trinajstić information content (AvgIpc) is 3.06. The van der Waals surface area contributed by atoms with Crippen molar-refractivity contribution in [1.82, 2.24) is 20.0 Å². The van der Waals surface area contributed by atoms with E-state index in [1.54, 1.807) is 36.1 Å². The fourth-order valence-electron chi connectivity index (χ4n) is 2.24. The van der Waals surface area contributed by atoms with E-state index in [1.807, 2.05) is 19.9 Å². The van der Waals surface area contributed by atoms with Crippen LogP contribution in [-0.2, 0) is 7.05 Å². The topological polar surface area (TPSA) is 85.8 Å². The second-order valence-electron chi connectivity index (χ2n) is 5.08. The molecular formula is C15H15N5O2. The summed E-state index contributed by atoms with van der Waals surface area (Å²) >= 11 is 0. The van der Waals surface area contributed by atoms with Crippen LogP contribution >= 0.6 is 0 Å². The van der Waals surface area contributed by atoms with E-state index in [9.17, 15) is 4.79 Å². The lowest BCUT2D eigenvalue weighted by atomic mass is 10.1. The Labute approximate surface area is 127 Å². The molecular weight excluding hydrogens is 282 g/mol. The maximum Gasteiger partial charge on any atom is 0.322 e. The molecule has 1 amide bonds. The summed E-state index contributed by atoms with van der Waals surface area (Å²) in [6.45, 7) is 3.88. The monoisotopic (exact) mass is 297 g/mol. The summed E-state index contributed by atoms with van der Waals surface area (Å²) in [6.07, 6.45) is 1.63. The highest BCUT2D eigenvalue weighted by molar-refractivity contribution is 6.03. The van der Waals surface area contributed by atoms with Gasteiger partial charge in [-0.15, -0.1) is 5.10 Å². The standard InChI is InChI=1S/C15H15N5O2/c1-9-6-10(2)8-11(7-9)13(21)17-15-19-18-14(22-15)12-4-5-16-20(12)3/h4-8H,1-3H3,(H,17,19,21). The Morgan fingerprint density at radius 3 is 2.55 bits per heavy atom. The number of hydrogen-bond donors (Lipinski definition) is 1. The zero-order valence-electron chi connectivity index (χ0n) is 12.5. The van der Waals surface area contributed by atoms with Gasteiger partial charge in [0, 0.05) is 18.8 Å². The van der Waals surface area contributed by atoms with Gasteiger partial charge < -0.3 is 4.42 Å². The van der Waals surface area contributed by atoms with Crippen molar-refractivity contribution in [2.45, 2.75) is 13.8 Å². The lowest BCUT2D eigenvalue weighted by Gasteiger charge is -2.03. The minimum atomic E-state index is -0.285. The molecule has 2 heterocycles. The Kier molecular flexibility index (Phi) is 3.46. The number of aryl methyl sites for hydroxylation is 3. The summed E-state index contributed by atoms with van der Waals surface area (Å²) in [5.41, 5.74) is 3.27. The van der Waals surface area contributed by atoms with Crippen LogP contribution < -0.4 is 5.32 Å². The number of benzene rings is 1. The van der Waals surface area contributed by atoms with Gasteiger partial charge in [0.25, 0.3) is 11.8 Å². The van der Waals surface area contributed by atoms with Crippen molar-refractivity contribution in [2.75, 3.05) is 5.32 Å². The normalized spacial score (nSPS) is 10.7. The number of carbonyl (C=O) groups excluding carboxylic acids is 1. The molecule has 112 valence electrons. The maximum absolute atomic E-state index is 12.2. The van der Waals surface area contributed by atoms with Crippen LogP contribution in [0.4, 0.5) is 6.01 Å². The predicted octanol–water partition coefficient (Wildman–Crippen LogP) is 2.34. The summed E-state index contributed by atoms with van der Waals surface area (Å²) < 4.78 is 7.06. The van der Waals surface area contributed by atoms with E-state index in [1.165, 1.54) is 0 Å². The molecule has 3 rings (SSSR count). The highest BCUT2D eigenvalue weighted by Crippen LogP contribution is 2.19. The lowest BCUT2D eigenvalue weighted by Crippen LogP contribution is -2.12. The third-order valence-electron chi connectivity index (χ3n) is 3.17. The molecule has 7 nitrogen and oxygen atoms in total. The van der Waals surface area contributed by atoms with Crippen molar-refractivity contribution in [3.05, 3.63) is 47.2 Å². The molecule has 0 bridgehead atoms. The van der Waals surface area contributed by atoms with Crippen LogP contribution in [0, 0.1) is 13.8 Å². The van der Waals surface area contributed by atoms with E-state index in [4.69, 9.17) is 4.42 Å². The Morgan fingerprint density at radius 1 is 1.18 bits per heavy atom. The highest BCUT2D eigenvalue weighted by Gasteiger charge is 2.15. The fourth-order valence-corrected chi connectivity index (χ4v) is 2.24. The molecule has 0 spiro atoms. The number of amides is 1. The summed E-state index contributed by atoms with van der Waals surface area (Å²) in [6, 6.07) is 7.43. The molecule has 0 saturated heterocycles. The zero-order valence-corrected chi connectivity index (χ0v) is 12.5. The SMILES string of the molecule is Cc1cc(C)cc(C(=O)Nc2nnc(-c3ccnn3C)o2)c1. The number of hydrogen-bond acceptors (Lipinski definition) is 5. The summed E-state index contributed by atoms with van der Waals surface area (Å²) in [5.74, 6) is 0.0164. The van der Waals surface area contributed by atoms with Crippen molar-refractivity contribution in [3.63, 3.8) is 0 Å². The molecule has 1 N–H and O–H groups in total. The molecule has 0 aliphatic rings. The Morgan fingerprint density at radius 2 is 1.91 bits per heavy atom. The summed E-state index contributed by atoms with van der Waals surface area (Å²) in [7, 11) is 1.77. The molecule has 0 fully saturated rings. The van der Waals surface area contributed by atoms with Gasteiger partial charge in [0.1, 0.15) is 5.69 Å². The van der Waals surface area contributed by atoms with Crippen LogP contribution in [0.2, 0.25) is 0 Å². The molecule has 22 heavy (non-hydrogen) atoms. The van der Waals surface area contributed by atoms with Crippen LogP contribution in [0.25, 0.3) is 11.6 Å². The summed E-state index contributed by atoms with van der Waals surface area (Å²) in [4.78, 5) is 12.2. The van der Waals surface area contributed by atoms with E-state index < -0.39 is 0 Å². The highest BCUT2D eigenvalue weighted by atomic mass is 16.4. The van der Waals surface area contributed by atoms with Gasteiger partial charge in [-0.05, 0) is 32.0 Å². The van der Waals surface area contributed by atoms with Gasteiger partial charge in [0.05, 0.1) is 0 Å². The number of rotatable bonds is 3. The number of aromatic nitrogens is 4. The van der Waals surface area contributed by atoms with Gasteiger partial charge in [-0.25, -0.2) is 0 Å². The van der Waals surface area contributed by atoms with Crippen LogP contribution in [0.5, 0.6) is 0 Å². The average molecular weight is 297 g/mol. The number of nitrogens with zero attached hydrogens (tertiary/aromatic N) is 4. The van der Waals surface area contributed by atoms with Gasteiger partial charge in [-0.2, -0.15) is 5.10 Å². The maximum atomic E-state index is 12.2. The van der Waals surface area contributed by atoms with Crippen molar-refractivity contribution in [3.8, 4) is 11.6 Å². The molecule has 3 aromatic rings. The number of anilines is 1. The number of carbonyl (C=O) groups is 1. The zero-order chi connectivity index (χ0) is 15.7. The number of nitrogens with one attached hydrogen (secondary N) is 1. The molecule has 0 aliphatic carbocycles. The second kappa shape index (κ2) is 5.44. The Bertz CT molecular complexity index is 814. The quantitative estimate of drug-likeness (QED) is 0.802. The van der Waals surface area contributed by atoms with E-state index >= 15 is 0 Å². The second-order valence-corrected chi connectivity index (χ2v) is 5.08. The smallest absolute Gasteiger partial charge is 0.322 e. The fraction of sp³-hybridized carbons (Fsp3) is 0.200. The van der Waals surface area contributed by atoms with Crippen LogP contribution in [0.3, 0.4) is 0 Å². The van der Waals surface area contributed by atoms with Crippen molar-refractivity contribution in [2.24, 2.45) is 7.05 Å². The van der Waals surface area contributed by atoms with Crippen molar-refractivity contribution in [1.29, 1.82) is 0 Å². The van der Waals surface area contributed by atoms with Crippen LogP contribution in [-0.4, -0.2) is 25.9 Å². The largest absolute Gasteiger partial charge is 0.401 e. The first-order valence-electron chi connectivity index (χ1n) is 6.74. The Balaban J connectivity index is 1.80.